The van der Waals surface area contributed by atoms with E-state index in [1.165, 1.54) is 7.11 Å². The standard InChI is InChI=1S/C17H18N2O2/c1-4-14-9-12(2)19(16(14)10-18)11-13-5-7-15(8-6-13)17(20)21-3/h5-9H,4,11H2,1-3H3. The Hall–Kier alpha value is -2.54. The van der Waals surface area contributed by atoms with Gasteiger partial charge in [0.1, 0.15) is 11.8 Å². The lowest BCUT2D eigenvalue weighted by Crippen LogP contribution is -2.06. The average Bonchev–Trinajstić information content (AvgIpc) is 2.82. The highest BCUT2D eigenvalue weighted by atomic mass is 16.5. The summed E-state index contributed by atoms with van der Waals surface area (Å²) in [4.78, 5) is 11.4. The molecule has 0 aliphatic carbocycles. The van der Waals surface area contributed by atoms with Gasteiger partial charge in [-0.15, -0.1) is 0 Å². The van der Waals surface area contributed by atoms with Crippen LogP contribution >= 0.6 is 0 Å². The van der Waals surface area contributed by atoms with E-state index in [2.05, 4.69) is 16.9 Å². The lowest BCUT2D eigenvalue weighted by atomic mass is 10.1. The van der Waals surface area contributed by atoms with Crippen molar-refractivity contribution in [2.24, 2.45) is 0 Å². The molecule has 1 heterocycles. The average molecular weight is 282 g/mol. The molecule has 0 fully saturated rings. The highest BCUT2D eigenvalue weighted by Crippen LogP contribution is 2.18. The SMILES string of the molecule is CCc1cc(C)n(Cc2ccc(C(=O)OC)cc2)c1C#N. The number of esters is 1. The molecule has 0 saturated heterocycles. The molecule has 0 unspecified atom stereocenters. The molecular formula is C17H18N2O2. The maximum Gasteiger partial charge on any atom is 0.337 e. The third kappa shape index (κ3) is 2.97. The van der Waals surface area contributed by atoms with Crippen molar-refractivity contribution >= 4 is 5.97 Å². The van der Waals surface area contributed by atoms with E-state index in [9.17, 15) is 10.1 Å². The summed E-state index contributed by atoms with van der Waals surface area (Å²) < 4.78 is 6.69. The molecular weight excluding hydrogens is 264 g/mol. The van der Waals surface area contributed by atoms with E-state index in [0.717, 1.165) is 23.2 Å². The van der Waals surface area contributed by atoms with E-state index in [1.807, 2.05) is 30.5 Å². The van der Waals surface area contributed by atoms with Crippen LogP contribution in [0.1, 0.15) is 39.8 Å². The molecule has 0 bridgehead atoms. The number of aryl methyl sites for hydroxylation is 2. The Morgan fingerprint density at radius 1 is 1.33 bits per heavy atom. The summed E-state index contributed by atoms with van der Waals surface area (Å²) in [7, 11) is 1.37. The molecule has 0 atom stereocenters. The van der Waals surface area contributed by atoms with Gasteiger partial charge in [0.2, 0.25) is 0 Å². The molecule has 4 heteroatoms. The van der Waals surface area contributed by atoms with Gasteiger partial charge in [0.25, 0.3) is 0 Å². The van der Waals surface area contributed by atoms with Gasteiger partial charge in [-0.05, 0) is 42.7 Å². The Labute approximate surface area is 124 Å². The smallest absolute Gasteiger partial charge is 0.337 e. The number of methoxy groups -OCH3 is 1. The van der Waals surface area contributed by atoms with E-state index < -0.39 is 0 Å². The van der Waals surface area contributed by atoms with Crippen molar-refractivity contribution in [2.75, 3.05) is 7.11 Å². The van der Waals surface area contributed by atoms with Gasteiger partial charge in [0.15, 0.2) is 0 Å². The van der Waals surface area contributed by atoms with Gasteiger partial charge < -0.3 is 9.30 Å². The van der Waals surface area contributed by atoms with Crippen molar-refractivity contribution in [3.63, 3.8) is 0 Å². The molecule has 0 radical (unpaired) electrons. The molecule has 2 aromatic rings. The third-order valence-corrected chi connectivity index (χ3v) is 3.59. The zero-order valence-electron chi connectivity index (χ0n) is 12.5. The van der Waals surface area contributed by atoms with Crippen molar-refractivity contribution in [3.8, 4) is 6.07 Å². The Morgan fingerprint density at radius 3 is 2.52 bits per heavy atom. The van der Waals surface area contributed by atoms with E-state index in [0.29, 0.717) is 17.8 Å². The Kier molecular flexibility index (Phi) is 4.44. The van der Waals surface area contributed by atoms with Crippen LogP contribution in [-0.2, 0) is 17.7 Å². The van der Waals surface area contributed by atoms with E-state index in [1.54, 1.807) is 12.1 Å². The quantitative estimate of drug-likeness (QED) is 0.810. The molecule has 0 aliphatic heterocycles. The Balaban J connectivity index is 2.29. The van der Waals surface area contributed by atoms with E-state index >= 15 is 0 Å². The fourth-order valence-electron chi connectivity index (χ4n) is 2.40. The molecule has 2 rings (SSSR count). The minimum atomic E-state index is -0.343. The number of hydrogen-bond donors (Lipinski definition) is 0. The Bertz CT molecular complexity index is 691. The maximum atomic E-state index is 11.4. The molecule has 0 aliphatic rings. The summed E-state index contributed by atoms with van der Waals surface area (Å²) in [6, 6.07) is 11.6. The van der Waals surface area contributed by atoms with Crippen LogP contribution in [0.2, 0.25) is 0 Å². The first-order valence-electron chi connectivity index (χ1n) is 6.87. The first kappa shape index (κ1) is 14.9. The molecule has 0 N–H and O–H groups in total. The summed E-state index contributed by atoms with van der Waals surface area (Å²) >= 11 is 0. The van der Waals surface area contributed by atoms with Crippen molar-refractivity contribution < 1.29 is 9.53 Å². The number of benzene rings is 1. The molecule has 4 nitrogen and oxygen atoms in total. The molecule has 21 heavy (non-hydrogen) atoms. The summed E-state index contributed by atoms with van der Waals surface area (Å²) in [5.41, 5.74) is 4.43. The number of carbonyl (C=O) groups excluding carboxylic acids is 1. The topological polar surface area (TPSA) is 55.0 Å². The number of aromatic nitrogens is 1. The van der Waals surface area contributed by atoms with E-state index in [-0.39, 0.29) is 5.97 Å². The van der Waals surface area contributed by atoms with Crippen molar-refractivity contribution in [2.45, 2.75) is 26.8 Å². The largest absolute Gasteiger partial charge is 0.465 e. The third-order valence-electron chi connectivity index (χ3n) is 3.59. The summed E-state index contributed by atoms with van der Waals surface area (Å²) in [5, 5.41) is 9.34. The Morgan fingerprint density at radius 2 is 2.00 bits per heavy atom. The van der Waals surface area contributed by atoms with Crippen LogP contribution in [0.3, 0.4) is 0 Å². The van der Waals surface area contributed by atoms with Crippen LogP contribution in [0.25, 0.3) is 0 Å². The predicted molar refractivity (Wildman–Crippen MR) is 80.1 cm³/mol. The number of nitriles is 1. The first-order valence-corrected chi connectivity index (χ1v) is 6.87. The molecule has 0 spiro atoms. The highest BCUT2D eigenvalue weighted by molar-refractivity contribution is 5.89. The molecule has 1 aromatic carbocycles. The van der Waals surface area contributed by atoms with Crippen LogP contribution in [0.5, 0.6) is 0 Å². The van der Waals surface area contributed by atoms with Crippen molar-refractivity contribution in [1.82, 2.24) is 4.57 Å². The predicted octanol–water partition coefficient (Wildman–Crippen LogP) is 3.07. The van der Waals surface area contributed by atoms with Gasteiger partial charge in [0, 0.05) is 12.2 Å². The molecule has 108 valence electrons. The second-order valence-corrected chi connectivity index (χ2v) is 4.90. The van der Waals surface area contributed by atoms with Crippen LogP contribution in [0.15, 0.2) is 30.3 Å². The second-order valence-electron chi connectivity index (χ2n) is 4.90. The number of carbonyl (C=O) groups is 1. The van der Waals surface area contributed by atoms with Crippen LogP contribution in [0, 0.1) is 18.3 Å². The van der Waals surface area contributed by atoms with Gasteiger partial charge in [-0.1, -0.05) is 19.1 Å². The van der Waals surface area contributed by atoms with Crippen molar-refractivity contribution in [3.05, 3.63) is 58.4 Å². The van der Waals surface area contributed by atoms with Gasteiger partial charge in [-0.3, -0.25) is 0 Å². The lowest BCUT2D eigenvalue weighted by molar-refractivity contribution is 0.0600. The zero-order chi connectivity index (χ0) is 15.4. The summed E-state index contributed by atoms with van der Waals surface area (Å²) in [5.74, 6) is -0.343. The van der Waals surface area contributed by atoms with Crippen molar-refractivity contribution in [1.29, 1.82) is 5.26 Å². The summed E-state index contributed by atoms with van der Waals surface area (Å²) in [6.07, 6.45) is 0.845. The second kappa shape index (κ2) is 6.27. The summed E-state index contributed by atoms with van der Waals surface area (Å²) in [6.45, 7) is 4.67. The first-order chi connectivity index (χ1) is 10.1. The molecule has 0 saturated carbocycles. The van der Waals surface area contributed by atoms with E-state index in [4.69, 9.17) is 0 Å². The molecule has 0 amide bonds. The van der Waals surface area contributed by atoms with Crippen LogP contribution < -0.4 is 0 Å². The van der Waals surface area contributed by atoms with Gasteiger partial charge >= 0.3 is 5.97 Å². The lowest BCUT2D eigenvalue weighted by Gasteiger charge is -2.09. The van der Waals surface area contributed by atoms with Crippen LogP contribution in [-0.4, -0.2) is 17.6 Å². The van der Waals surface area contributed by atoms with Gasteiger partial charge in [-0.2, -0.15) is 5.26 Å². The maximum absolute atomic E-state index is 11.4. The van der Waals surface area contributed by atoms with Crippen LogP contribution in [0.4, 0.5) is 0 Å². The van der Waals surface area contributed by atoms with Gasteiger partial charge in [-0.25, -0.2) is 4.79 Å². The number of hydrogen-bond acceptors (Lipinski definition) is 3. The fourth-order valence-corrected chi connectivity index (χ4v) is 2.40. The minimum Gasteiger partial charge on any atom is -0.465 e. The number of rotatable bonds is 4. The minimum absolute atomic E-state index is 0.343. The van der Waals surface area contributed by atoms with Gasteiger partial charge in [0.05, 0.1) is 12.7 Å². The zero-order valence-corrected chi connectivity index (χ0v) is 12.5. The fraction of sp³-hybridized carbons (Fsp3) is 0.294. The normalized spacial score (nSPS) is 10.2. The number of nitrogens with zero attached hydrogens (tertiary/aromatic N) is 2. The monoisotopic (exact) mass is 282 g/mol. The highest BCUT2D eigenvalue weighted by Gasteiger charge is 2.12. The molecule has 1 aromatic heterocycles. The number of ether oxygens (including phenoxy) is 1.